The maximum Gasteiger partial charge on any atom is 0.123 e. The van der Waals surface area contributed by atoms with E-state index < -0.39 is 0 Å². The molecule has 46 valence electrons. The van der Waals surface area contributed by atoms with E-state index in [0.717, 1.165) is 5.56 Å². The molecule has 0 radical (unpaired) electrons. The lowest BCUT2D eigenvalue weighted by molar-refractivity contribution is 1.33. The molecule has 0 spiro atoms. The van der Waals surface area contributed by atoms with Gasteiger partial charge in [0.15, 0.2) is 0 Å². The Morgan fingerprint density at radius 3 is 2.78 bits per heavy atom. The van der Waals surface area contributed by atoms with Gasteiger partial charge in [-0.05, 0) is 17.7 Å². The van der Waals surface area contributed by atoms with Crippen LogP contribution in [-0.4, -0.2) is 4.98 Å². The van der Waals surface area contributed by atoms with Crippen LogP contribution < -0.4 is 5.73 Å². The number of nitrogen functional groups attached to an aromatic ring is 1. The highest BCUT2D eigenvalue weighted by Crippen LogP contribution is 2.00. The van der Waals surface area contributed by atoms with E-state index in [4.69, 9.17) is 5.73 Å². The number of nitrogens with zero attached hydrogens (tertiary/aromatic N) is 1. The van der Waals surface area contributed by atoms with Gasteiger partial charge in [0, 0.05) is 6.20 Å². The van der Waals surface area contributed by atoms with E-state index in [2.05, 4.69) is 11.6 Å². The molecule has 0 fully saturated rings. The normalized spacial score (nSPS) is 8.89. The fourth-order valence-corrected chi connectivity index (χ4v) is 0.537. The monoisotopic (exact) mass is 120 g/mol. The van der Waals surface area contributed by atoms with Gasteiger partial charge in [0.1, 0.15) is 5.82 Å². The van der Waals surface area contributed by atoms with Crippen LogP contribution in [0.3, 0.4) is 0 Å². The molecule has 1 aromatic rings. The van der Waals surface area contributed by atoms with E-state index in [1.165, 1.54) is 0 Å². The molecule has 0 aliphatic carbocycles. The van der Waals surface area contributed by atoms with Crippen molar-refractivity contribution in [2.24, 2.45) is 0 Å². The lowest BCUT2D eigenvalue weighted by Gasteiger charge is -1.90. The third-order valence-electron chi connectivity index (χ3n) is 1.04. The maximum absolute atomic E-state index is 5.34. The third kappa shape index (κ3) is 1.29. The van der Waals surface area contributed by atoms with Gasteiger partial charge in [0.05, 0.1) is 0 Å². The fourth-order valence-electron chi connectivity index (χ4n) is 0.537. The van der Waals surface area contributed by atoms with Gasteiger partial charge in [-0.1, -0.05) is 12.7 Å². The minimum Gasteiger partial charge on any atom is -0.384 e. The Balaban J connectivity index is 3.01. The molecule has 9 heavy (non-hydrogen) atoms. The number of hydrogen-bond acceptors (Lipinski definition) is 2. The highest BCUT2D eigenvalue weighted by Gasteiger charge is 1.83. The largest absolute Gasteiger partial charge is 0.384 e. The predicted molar refractivity (Wildman–Crippen MR) is 38.7 cm³/mol. The summed E-state index contributed by atoms with van der Waals surface area (Å²) in [6, 6.07) is 3.62. The molecule has 0 aliphatic heterocycles. The summed E-state index contributed by atoms with van der Waals surface area (Å²) < 4.78 is 0. The van der Waals surface area contributed by atoms with Crippen molar-refractivity contribution in [2.75, 3.05) is 5.73 Å². The Kier molecular flexibility index (Phi) is 1.49. The summed E-state index contributed by atoms with van der Waals surface area (Å²) >= 11 is 0. The van der Waals surface area contributed by atoms with Gasteiger partial charge in [-0.15, -0.1) is 0 Å². The van der Waals surface area contributed by atoms with Crippen LogP contribution in [0.1, 0.15) is 5.56 Å². The highest BCUT2D eigenvalue weighted by atomic mass is 14.8. The van der Waals surface area contributed by atoms with Crippen molar-refractivity contribution in [1.29, 1.82) is 0 Å². The SMILES string of the molecule is C=Cc1ccc(N)nc1. The second-order valence-electron chi connectivity index (χ2n) is 1.72. The van der Waals surface area contributed by atoms with Gasteiger partial charge >= 0.3 is 0 Å². The van der Waals surface area contributed by atoms with Crippen LogP contribution >= 0.6 is 0 Å². The molecular weight excluding hydrogens is 112 g/mol. The minimum absolute atomic E-state index is 0.542. The van der Waals surface area contributed by atoms with E-state index in [1.807, 2.05) is 6.07 Å². The lowest BCUT2D eigenvalue weighted by atomic mass is 10.3. The first-order valence-electron chi connectivity index (χ1n) is 2.67. The van der Waals surface area contributed by atoms with Crippen LogP contribution in [0.15, 0.2) is 24.9 Å². The molecule has 0 saturated carbocycles. The average molecular weight is 120 g/mol. The molecule has 2 N–H and O–H groups in total. The number of hydrogen-bond donors (Lipinski definition) is 1. The zero-order valence-electron chi connectivity index (χ0n) is 5.04. The number of anilines is 1. The minimum atomic E-state index is 0.542. The molecular formula is C7H8N2. The molecule has 0 atom stereocenters. The molecule has 1 rings (SSSR count). The van der Waals surface area contributed by atoms with Gasteiger partial charge < -0.3 is 5.73 Å². The average Bonchev–Trinajstić information content (AvgIpc) is 1.90. The second kappa shape index (κ2) is 2.31. The smallest absolute Gasteiger partial charge is 0.123 e. The Hall–Kier alpha value is -1.31. The summed E-state index contributed by atoms with van der Waals surface area (Å²) in [5, 5.41) is 0. The molecule has 0 bridgehead atoms. The first-order chi connectivity index (χ1) is 4.33. The summed E-state index contributed by atoms with van der Waals surface area (Å²) in [4.78, 5) is 3.86. The Morgan fingerprint density at radius 1 is 1.56 bits per heavy atom. The van der Waals surface area contributed by atoms with Crippen LogP contribution in [0.25, 0.3) is 6.08 Å². The van der Waals surface area contributed by atoms with Crippen molar-refractivity contribution in [3.63, 3.8) is 0 Å². The van der Waals surface area contributed by atoms with Crippen LogP contribution in [0.5, 0.6) is 0 Å². The highest BCUT2D eigenvalue weighted by molar-refractivity contribution is 5.47. The number of nitrogens with two attached hydrogens (primary N) is 1. The van der Waals surface area contributed by atoms with E-state index in [0.29, 0.717) is 5.82 Å². The van der Waals surface area contributed by atoms with Crippen LogP contribution in [-0.2, 0) is 0 Å². The molecule has 1 aromatic heterocycles. The Morgan fingerprint density at radius 2 is 2.33 bits per heavy atom. The van der Waals surface area contributed by atoms with Gasteiger partial charge in [-0.25, -0.2) is 4.98 Å². The molecule has 0 aliphatic rings. The summed E-state index contributed by atoms with van der Waals surface area (Å²) in [6.07, 6.45) is 3.41. The van der Waals surface area contributed by atoms with Gasteiger partial charge in [-0.3, -0.25) is 0 Å². The van der Waals surface area contributed by atoms with Gasteiger partial charge in [-0.2, -0.15) is 0 Å². The topological polar surface area (TPSA) is 38.9 Å². The van der Waals surface area contributed by atoms with Crippen molar-refractivity contribution < 1.29 is 0 Å². The summed E-state index contributed by atoms with van der Waals surface area (Å²) in [5.41, 5.74) is 6.33. The molecule has 0 unspecified atom stereocenters. The van der Waals surface area contributed by atoms with Crippen LogP contribution in [0.2, 0.25) is 0 Å². The number of rotatable bonds is 1. The fraction of sp³-hybridized carbons (Fsp3) is 0. The Labute approximate surface area is 54.0 Å². The molecule has 0 amide bonds. The van der Waals surface area contributed by atoms with Crippen molar-refractivity contribution in [3.05, 3.63) is 30.5 Å². The van der Waals surface area contributed by atoms with Crippen molar-refractivity contribution in [3.8, 4) is 0 Å². The van der Waals surface area contributed by atoms with Gasteiger partial charge in [0.25, 0.3) is 0 Å². The third-order valence-corrected chi connectivity index (χ3v) is 1.04. The molecule has 0 saturated heterocycles. The van der Waals surface area contributed by atoms with E-state index in [9.17, 15) is 0 Å². The van der Waals surface area contributed by atoms with Gasteiger partial charge in [0.2, 0.25) is 0 Å². The first kappa shape index (κ1) is 5.82. The summed E-state index contributed by atoms with van der Waals surface area (Å²) in [6.45, 7) is 3.58. The maximum atomic E-state index is 5.34. The molecule has 2 heteroatoms. The first-order valence-corrected chi connectivity index (χ1v) is 2.67. The van der Waals surface area contributed by atoms with E-state index in [1.54, 1.807) is 18.3 Å². The number of aromatic nitrogens is 1. The zero-order valence-corrected chi connectivity index (χ0v) is 5.04. The summed E-state index contributed by atoms with van der Waals surface area (Å²) in [7, 11) is 0. The van der Waals surface area contributed by atoms with Crippen molar-refractivity contribution in [1.82, 2.24) is 4.98 Å². The zero-order chi connectivity index (χ0) is 6.69. The van der Waals surface area contributed by atoms with Crippen molar-refractivity contribution >= 4 is 11.9 Å². The van der Waals surface area contributed by atoms with Crippen LogP contribution in [0.4, 0.5) is 5.82 Å². The van der Waals surface area contributed by atoms with Crippen LogP contribution in [0, 0.1) is 0 Å². The number of pyridine rings is 1. The van der Waals surface area contributed by atoms with E-state index >= 15 is 0 Å². The lowest BCUT2D eigenvalue weighted by Crippen LogP contribution is -1.87. The molecule has 0 aromatic carbocycles. The second-order valence-corrected chi connectivity index (χ2v) is 1.72. The predicted octanol–water partition coefficient (Wildman–Crippen LogP) is 1.31. The molecule has 1 heterocycles. The quantitative estimate of drug-likeness (QED) is 0.606. The molecule has 2 nitrogen and oxygen atoms in total. The van der Waals surface area contributed by atoms with Crippen molar-refractivity contribution in [2.45, 2.75) is 0 Å². The van der Waals surface area contributed by atoms with E-state index in [-0.39, 0.29) is 0 Å². The summed E-state index contributed by atoms with van der Waals surface area (Å²) in [5.74, 6) is 0.542. The standard InChI is InChI=1S/C7H8N2/c1-2-6-3-4-7(8)9-5-6/h2-5H,1H2,(H2,8,9). The Bertz CT molecular complexity index is 201.